The quantitative estimate of drug-likeness (QED) is 0.892. The zero-order valence-corrected chi connectivity index (χ0v) is 11.9. The first-order valence-corrected chi connectivity index (χ1v) is 6.50. The number of carbonyl (C=O) groups excluding carboxylic acids is 1. The highest BCUT2D eigenvalue weighted by Gasteiger charge is 2.27. The summed E-state index contributed by atoms with van der Waals surface area (Å²) in [6, 6.07) is 9.51. The summed E-state index contributed by atoms with van der Waals surface area (Å²) in [5, 5.41) is 12.5. The Morgan fingerprint density at radius 3 is 2.60 bits per heavy atom. The van der Waals surface area contributed by atoms with Crippen LogP contribution in [0, 0.1) is 0 Å². The number of imidazole rings is 1. The monoisotopic (exact) mass is 273 g/mol. The number of aromatic nitrogens is 2. The topological polar surface area (TPSA) is 67.2 Å². The van der Waals surface area contributed by atoms with Crippen LogP contribution in [-0.2, 0) is 0 Å². The maximum Gasteiger partial charge on any atom is 0.270 e. The molecule has 0 aliphatic heterocycles. The molecule has 1 aromatic heterocycles. The van der Waals surface area contributed by atoms with E-state index in [0.29, 0.717) is 5.69 Å². The van der Waals surface area contributed by atoms with Crippen LogP contribution in [0.1, 0.15) is 31.3 Å². The second-order valence-electron chi connectivity index (χ2n) is 5.34. The first-order chi connectivity index (χ1) is 9.42. The van der Waals surface area contributed by atoms with Crippen LogP contribution in [0.4, 0.5) is 0 Å². The van der Waals surface area contributed by atoms with Crippen molar-refractivity contribution in [2.75, 3.05) is 0 Å². The number of rotatable bonds is 4. The van der Waals surface area contributed by atoms with Gasteiger partial charge in [-0.25, -0.2) is 4.98 Å². The SMILES string of the molecule is CC(O)C(C)(C)NC(=O)c1cncn1-c1ccccc1. The fourth-order valence-corrected chi connectivity index (χ4v) is 1.72. The molecule has 0 bridgehead atoms. The van der Waals surface area contributed by atoms with Crippen LogP contribution in [0.2, 0.25) is 0 Å². The molecule has 0 saturated carbocycles. The van der Waals surface area contributed by atoms with Gasteiger partial charge in [0, 0.05) is 5.69 Å². The number of para-hydroxylation sites is 1. The maximum absolute atomic E-state index is 12.3. The largest absolute Gasteiger partial charge is 0.391 e. The van der Waals surface area contributed by atoms with E-state index in [2.05, 4.69) is 10.3 Å². The average molecular weight is 273 g/mol. The fraction of sp³-hybridized carbons (Fsp3) is 0.333. The predicted octanol–water partition coefficient (Wildman–Crippen LogP) is 1.76. The van der Waals surface area contributed by atoms with Crippen LogP contribution in [0.5, 0.6) is 0 Å². The number of carbonyl (C=O) groups is 1. The van der Waals surface area contributed by atoms with Gasteiger partial charge in [0.25, 0.3) is 5.91 Å². The van der Waals surface area contributed by atoms with Crippen LogP contribution in [0.25, 0.3) is 5.69 Å². The lowest BCUT2D eigenvalue weighted by Gasteiger charge is -2.29. The molecule has 0 aliphatic rings. The summed E-state index contributed by atoms with van der Waals surface area (Å²) < 4.78 is 1.72. The van der Waals surface area contributed by atoms with Crippen molar-refractivity contribution in [3.8, 4) is 5.69 Å². The number of amides is 1. The molecular formula is C15H19N3O2. The highest BCUT2D eigenvalue weighted by Crippen LogP contribution is 2.13. The Morgan fingerprint density at radius 1 is 1.35 bits per heavy atom. The fourth-order valence-electron chi connectivity index (χ4n) is 1.72. The summed E-state index contributed by atoms with van der Waals surface area (Å²) in [7, 11) is 0. The van der Waals surface area contributed by atoms with Crippen LogP contribution in [0.3, 0.4) is 0 Å². The maximum atomic E-state index is 12.3. The number of aliphatic hydroxyl groups excluding tert-OH is 1. The summed E-state index contributed by atoms with van der Waals surface area (Å²) in [6.45, 7) is 5.20. The second kappa shape index (κ2) is 5.46. The Hall–Kier alpha value is -2.14. The summed E-state index contributed by atoms with van der Waals surface area (Å²) in [4.78, 5) is 16.4. The molecule has 20 heavy (non-hydrogen) atoms. The third-order valence-electron chi connectivity index (χ3n) is 3.39. The Morgan fingerprint density at radius 2 is 2.00 bits per heavy atom. The van der Waals surface area contributed by atoms with Crippen LogP contribution < -0.4 is 5.32 Å². The molecular weight excluding hydrogens is 254 g/mol. The molecule has 0 radical (unpaired) electrons. The smallest absolute Gasteiger partial charge is 0.270 e. The Balaban J connectivity index is 2.27. The lowest BCUT2D eigenvalue weighted by molar-refractivity contribution is 0.0704. The van der Waals surface area contributed by atoms with Crippen molar-refractivity contribution in [3.05, 3.63) is 48.5 Å². The van der Waals surface area contributed by atoms with Gasteiger partial charge in [0.1, 0.15) is 5.69 Å². The van der Waals surface area contributed by atoms with Gasteiger partial charge in [0.15, 0.2) is 0 Å². The van der Waals surface area contributed by atoms with Gasteiger partial charge in [-0.3, -0.25) is 9.36 Å². The first kappa shape index (κ1) is 14.3. The van der Waals surface area contributed by atoms with Crippen molar-refractivity contribution >= 4 is 5.91 Å². The minimum Gasteiger partial charge on any atom is -0.391 e. The molecule has 1 atom stereocenters. The molecule has 0 spiro atoms. The van der Waals surface area contributed by atoms with Gasteiger partial charge in [-0.05, 0) is 32.9 Å². The molecule has 2 rings (SSSR count). The van der Waals surface area contributed by atoms with Gasteiger partial charge in [0.05, 0.1) is 24.2 Å². The molecule has 0 aliphatic carbocycles. The van der Waals surface area contributed by atoms with E-state index in [4.69, 9.17) is 0 Å². The van der Waals surface area contributed by atoms with E-state index in [-0.39, 0.29) is 5.91 Å². The molecule has 2 N–H and O–H groups in total. The number of hydrogen-bond acceptors (Lipinski definition) is 3. The molecule has 5 nitrogen and oxygen atoms in total. The number of nitrogens with one attached hydrogen (secondary N) is 1. The highest BCUT2D eigenvalue weighted by molar-refractivity contribution is 5.93. The van der Waals surface area contributed by atoms with Crippen molar-refractivity contribution in [2.24, 2.45) is 0 Å². The Bertz CT molecular complexity index is 588. The van der Waals surface area contributed by atoms with E-state index in [1.165, 1.54) is 6.20 Å². The predicted molar refractivity (Wildman–Crippen MR) is 76.8 cm³/mol. The van der Waals surface area contributed by atoms with Crippen LogP contribution in [0.15, 0.2) is 42.9 Å². The van der Waals surface area contributed by atoms with Crippen molar-refractivity contribution in [3.63, 3.8) is 0 Å². The summed E-state index contributed by atoms with van der Waals surface area (Å²) in [5.74, 6) is -0.266. The summed E-state index contributed by atoms with van der Waals surface area (Å²) in [5.41, 5.74) is 0.595. The van der Waals surface area contributed by atoms with E-state index < -0.39 is 11.6 Å². The van der Waals surface area contributed by atoms with Gasteiger partial charge in [-0.2, -0.15) is 0 Å². The normalized spacial score (nSPS) is 13.0. The van der Waals surface area contributed by atoms with Crippen molar-refractivity contribution in [2.45, 2.75) is 32.4 Å². The average Bonchev–Trinajstić information content (AvgIpc) is 2.88. The highest BCUT2D eigenvalue weighted by atomic mass is 16.3. The van der Waals surface area contributed by atoms with E-state index in [9.17, 15) is 9.90 Å². The molecule has 1 amide bonds. The molecule has 2 aromatic rings. The zero-order chi connectivity index (χ0) is 14.8. The minimum atomic E-state index is -0.705. The summed E-state index contributed by atoms with van der Waals surface area (Å²) >= 11 is 0. The van der Waals surface area contributed by atoms with E-state index >= 15 is 0 Å². The lowest BCUT2D eigenvalue weighted by Crippen LogP contribution is -2.51. The molecule has 0 saturated heterocycles. The van der Waals surface area contributed by atoms with Gasteiger partial charge >= 0.3 is 0 Å². The zero-order valence-electron chi connectivity index (χ0n) is 11.9. The standard InChI is InChI=1S/C15H19N3O2/c1-11(19)15(2,3)17-14(20)13-9-16-10-18(13)12-7-5-4-6-8-12/h4-11,19H,1-3H3,(H,17,20). The van der Waals surface area contributed by atoms with Crippen LogP contribution in [-0.4, -0.2) is 32.2 Å². The third kappa shape index (κ3) is 2.88. The molecule has 5 heteroatoms. The third-order valence-corrected chi connectivity index (χ3v) is 3.39. The van der Waals surface area contributed by atoms with Gasteiger partial charge in [-0.15, -0.1) is 0 Å². The van der Waals surface area contributed by atoms with Gasteiger partial charge in [-0.1, -0.05) is 18.2 Å². The first-order valence-electron chi connectivity index (χ1n) is 6.50. The number of nitrogens with zero attached hydrogens (tertiary/aromatic N) is 2. The number of benzene rings is 1. The van der Waals surface area contributed by atoms with E-state index in [1.54, 1.807) is 31.7 Å². The summed E-state index contributed by atoms with van der Waals surface area (Å²) in [6.07, 6.45) is 2.46. The molecule has 0 fully saturated rings. The Labute approximate surface area is 118 Å². The lowest BCUT2D eigenvalue weighted by atomic mass is 9.98. The molecule has 1 heterocycles. The van der Waals surface area contributed by atoms with Gasteiger partial charge in [0.2, 0.25) is 0 Å². The molecule has 1 aromatic carbocycles. The van der Waals surface area contributed by atoms with Crippen molar-refractivity contribution < 1.29 is 9.90 Å². The van der Waals surface area contributed by atoms with Gasteiger partial charge < -0.3 is 10.4 Å². The number of aliphatic hydroxyl groups is 1. The Kier molecular flexibility index (Phi) is 3.90. The number of hydrogen-bond donors (Lipinski definition) is 2. The van der Waals surface area contributed by atoms with Crippen LogP contribution >= 0.6 is 0 Å². The van der Waals surface area contributed by atoms with Crippen molar-refractivity contribution in [1.82, 2.24) is 14.9 Å². The second-order valence-corrected chi connectivity index (χ2v) is 5.34. The van der Waals surface area contributed by atoms with E-state index in [0.717, 1.165) is 5.69 Å². The molecule has 106 valence electrons. The molecule has 1 unspecified atom stereocenters. The minimum absolute atomic E-state index is 0.266. The van der Waals surface area contributed by atoms with E-state index in [1.807, 2.05) is 30.3 Å². The van der Waals surface area contributed by atoms with Crippen molar-refractivity contribution in [1.29, 1.82) is 0 Å².